The monoisotopic (exact) mass is 842 g/mol. The van der Waals surface area contributed by atoms with Crippen molar-refractivity contribution in [3.05, 3.63) is 12.2 Å². The average molecular weight is 844 g/mol. The number of carbonyl (C=O) groups excluding carboxylic acids is 2. The van der Waals surface area contributed by atoms with E-state index in [0.29, 0.717) is 32.5 Å². The summed E-state index contributed by atoms with van der Waals surface area (Å²) in [7, 11) is 0. The van der Waals surface area contributed by atoms with E-state index in [9.17, 15) is 9.59 Å². The van der Waals surface area contributed by atoms with E-state index in [1.165, 1.54) is 141 Å². The molecule has 0 saturated carbocycles. The SMILES string of the molecule is CCCCCCCCC=CCCCCCCCCN(CCCCCCCCCCCCCCCC)C(=O)C(N)(CN)C(=O)[C@H](N)CCCN=C(N)N.Cl.Cl.Cl. The van der Waals surface area contributed by atoms with Gasteiger partial charge in [-0.15, -0.1) is 37.2 Å². The molecule has 330 valence electrons. The highest BCUT2D eigenvalue weighted by Crippen LogP contribution is 2.17. The van der Waals surface area contributed by atoms with Gasteiger partial charge in [0.15, 0.2) is 17.3 Å². The topological polar surface area (TPSA) is 180 Å². The van der Waals surface area contributed by atoms with Crippen LogP contribution in [0.25, 0.3) is 0 Å². The fourth-order valence-corrected chi connectivity index (χ4v) is 6.92. The summed E-state index contributed by atoms with van der Waals surface area (Å²) in [6.07, 6.45) is 40.7. The third-order valence-corrected chi connectivity index (χ3v) is 10.5. The molecule has 0 aliphatic rings. The Labute approximate surface area is 358 Å². The number of nitrogens with zero attached hydrogens (tertiary/aromatic N) is 2. The maximum atomic E-state index is 13.9. The number of aliphatic imine (C=N–C) groups is 1. The van der Waals surface area contributed by atoms with Gasteiger partial charge < -0.3 is 33.6 Å². The van der Waals surface area contributed by atoms with Crippen molar-refractivity contribution in [3.8, 4) is 0 Å². The Morgan fingerprint density at radius 2 is 0.927 bits per heavy atom. The summed E-state index contributed by atoms with van der Waals surface area (Å²) in [4.78, 5) is 33.1. The second-order valence-corrected chi connectivity index (χ2v) is 15.4. The van der Waals surface area contributed by atoms with E-state index in [0.717, 1.165) is 38.5 Å². The van der Waals surface area contributed by atoms with Crippen molar-refractivity contribution in [1.29, 1.82) is 0 Å². The summed E-state index contributed by atoms with van der Waals surface area (Å²) in [5.74, 6) is -0.894. The number of rotatable bonds is 39. The predicted octanol–water partition coefficient (Wildman–Crippen LogP) is 10.2. The molecule has 12 heteroatoms. The van der Waals surface area contributed by atoms with Crippen LogP contribution < -0.4 is 28.7 Å². The molecule has 0 aromatic carbocycles. The lowest BCUT2D eigenvalue weighted by Crippen LogP contribution is -2.68. The number of Topliss-reactive ketones (excluding diaryl/α,β-unsaturated/α-hetero) is 1. The quantitative estimate of drug-likeness (QED) is 0.0134. The molecule has 1 unspecified atom stereocenters. The number of carbonyl (C=O) groups is 2. The van der Waals surface area contributed by atoms with Crippen molar-refractivity contribution in [1.82, 2.24) is 4.90 Å². The Kier molecular flexibility index (Phi) is 48.5. The van der Waals surface area contributed by atoms with Gasteiger partial charge in [0.25, 0.3) is 5.91 Å². The van der Waals surface area contributed by atoms with Gasteiger partial charge in [-0.1, -0.05) is 167 Å². The molecule has 9 nitrogen and oxygen atoms in total. The van der Waals surface area contributed by atoms with Crippen LogP contribution in [0.4, 0.5) is 0 Å². The lowest BCUT2D eigenvalue weighted by atomic mass is 9.87. The first-order valence-corrected chi connectivity index (χ1v) is 22.0. The smallest absolute Gasteiger partial charge is 0.251 e. The van der Waals surface area contributed by atoms with E-state index in [2.05, 4.69) is 31.0 Å². The highest BCUT2D eigenvalue weighted by Gasteiger charge is 2.45. The first-order valence-electron chi connectivity index (χ1n) is 22.0. The van der Waals surface area contributed by atoms with Gasteiger partial charge in [0.1, 0.15) is 0 Å². The van der Waals surface area contributed by atoms with Crippen molar-refractivity contribution in [3.63, 3.8) is 0 Å². The van der Waals surface area contributed by atoms with Crippen molar-refractivity contribution < 1.29 is 9.59 Å². The molecule has 55 heavy (non-hydrogen) atoms. The zero-order chi connectivity index (χ0) is 38.5. The molecule has 0 bridgehead atoms. The Balaban J connectivity index is -0.00000433. The Morgan fingerprint density at radius 1 is 0.582 bits per heavy atom. The summed E-state index contributed by atoms with van der Waals surface area (Å²) in [5, 5.41) is 0. The van der Waals surface area contributed by atoms with Crippen LogP contribution in [0.15, 0.2) is 17.1 Å². The molecule has 0 aromatic rings. The molecule has 0 heterocycles. The van der Waals surface area contributed by atoms with Crippen molar-refractivity contribution >= 4 is 54.9 Å². The number of ketones is 1. The summed E-state index contributed by atoms with van der Waals surface area (Å²) in [6, 6.07) is -0.903. The number of amides is 1. The van der Waals surface area contributed by atoms with Crippen LogP contribution in [0, 0.1) is 0 Å². The summed E-state index contributed by atoms with van der Waals surface area (Å²) in [5.41, 5.74) is 27.8. The number of halogens is 3. The number of hydrogen-bond donors (Lipinski definition) is 5. The van der Waals surface area contributed by atoms with Crippen LogP contribution in [-0.2, 0) is 9.59 Å². The largest absolute Gasteiger partial charge is 0.370 e. The molecular weight excluding hydrogens is 753 g/mol. The van der Waals surface area contributed by atoms with Crippen molar-refractivity contribution in [2.24, 2.45) is 33.7 Å². The molecule has 0 radical (unpaired) electrons. The van der Waals surface area contributed by atoms with Crippen LogP contribution in [0.2, 0.25) is 0 Å². The van der Waals surface area contributed by atoms with E-state index in [4.69, 9.17) is 28.7 Å². The average Bonchev–Trinajstić information content (AvgIpc) is 3.14. The van der Waals surface area contributed by atoms with Gasteiger partial charge in [-0.05, 0) is 51.4 Å². The molecule has 0 spiro atoms. The standard InChI is InChI=1S/C43H87N7O2.3ClH/c1-3-5-7-9-11-13-15-17-19-20-22-24-26-28-30-32-37-50(36-31-29-27-25-23-21-18-16-14-12-10-8-6-4-2)41(52)43(48,38-44)40(51)39(45)34-33-35-49-42(46)47;;;/h17,19,39H,3-16,18,20-38,44-45,48H2,1-2H3,(H4,46,47,49);3*1H/t39-,43?;;;/m1.../s1. The fourth-order valence-electron chi connectivity index (χ4n) is 6.92. The Hall–Kier alpha value is -1.10. The summed E-state index contributed by atoms with van der Waals surface area (Å²) < 4.78 is 0. The van der Waals surface area contributed by atoms with E-state index in [1.54, 1.807) is 4.90 Å². The first-order chi connectivity index (χ1) is 25.2. The third-order valence-electron chi connectivity index (χ3n) is 10.5. The van der Waals surface area contributed by atoms with Gasteiger partial charge in [0.05, 0.1) is 6.04 Å². The molecule has 1 amide bonds. The molecule has 0 aliphatic carbocycles. The summed E-state index contributed by atoms with van der Waals surface area (Å²) in [6.45, 7) is 5.80. The minimum atomic E-state index is -1.83. The lowest BCUT2D eigenvalue weighted by molar-refractivity contribution is -0.143. The van der Waals surface area contributed by atoms with Gasteiger partial charge in [-0.2, -0.15) is 0 Å². The predicted molar refractivity (Wildman–Crippen MR) is 247 cm³/mol. The molecular formula is C43H90Cl3N7O2. The Morgan fingerprint density at radius 3 is 1.27 bits per heavy atom. The van der Waals surface area contributed by atoms with Gasteiger partial charge in [0, 0.05) is 26.2 Å². The number of guanidine groups is 1. The molecule has 0 saturated heterocycles. The third kappa shape index (κ3) is 34.6. The van der Waals surface area contributed by atoms with E-state index < -0.39 is 17.4 Å². The fraction of sp³-hybridized carbons (Fsp3) is 0.884. The Bertz CT molecular complexity index is 910. The number of unbranched alkanes of at least 4 members (excludes halogenated alkanes) is 25. The second kappa shape index (κ2) is 44.0. The van der Waals surface area contributed by atoms with Crippen LogP contribution in [0.1, 0.15) is 206 Å². The molecule has 2 atom stereocenters. The van der Waals surface area contributed by atoms with E-state index >= 15 is 0 Å². The van der Waals surface area contributed by atoms with Crippen LogP contribution in [0.5, 0.6) is 0 Å². The molecule has 0 aliphatic heterocycles. The van der Waals surface area contributed by atoms with Crippen molar-refractivity contribution in [2.45, 2.75) is 218 Å². The van der Waals surface area contributed by atoms with E-state index in [1.807, 2.05) is 0 Å². The minimum Gasteiger partial charge on any atom is -0.370 e. The van der Waals surface area contributed by atoms with Crippen LogP contribution >= 0.6 is 37.2 Å². The summed E-state index contributed by atoms with van der Waals surface area (Å²) >= 11 is 0. The van der Waals surface area contributed by atoms with E-state index in [-0.39, 0.29) is 55.6 Å². The minimum absolute atomic E-state index is 0. The first kappa shape index (κ1) is 60.6. The van der Waals surface area contributed by atoms with Crippen molar-refractivity contribution in [2.75, 3.05) is 26.2 Å². The maximum absolute atomic E-state index is 13.9. The highest BCUT2D eigenvalue weighted by molar-refractivity contribution is 6.12. The molecule has 0 fully saturated rings. The second-order valence-electron chi connectivity index (χ2n) is 15.4. The van der Waals surface area contributed by atoms with Gasteiger partial charge in [0.2, 0.25) is 0 Å². The van der Waals surface area contributed by atoms with Crippen LogP contribution in [0.3, 0.4) is 0 Å². The zero-order valence-electron chi connectivity index (χ0n) is 35.6. The zero-order valence-corrected chi connectivity index (χ0v) is 38.0. The molecule has 0 aromatic heterocycles. The van der Waals surface area contributed by atoms with Gasteiger partial charge >= 0.3 is 0 Å². The highest BCUT2D eigenvalue weighted by atomic mass is 35.5. The van der Waals surface area contributed by atoms with Gasteiger partial charge in [-0.3, -0.25) is 14.6 Å². The maximum Gasteiger partial charge on any atom is 0.251 e. The normalized spacial score (nSPS) is 12.6. The van der Waals surface area contributed by atoms with Gasteiger partial charge in [-0.25, -0.2) is 0 Å². The van der Waals surface area contributed by atoms with Crippen LogP contribution in [-0.4, -0.2) is 60.3 Å². The lowest BCUT2D eigenvalue weighted by Gasteiger charge is -2.34. The molecule has 0 rings (SSSR count). The number of allylic oxidation sites excluding steroid dienone is 2. The molecule has 10 N–H and O–H groups in total. The number of hydrogen-bond acceptors (Lipinski definition) is 6. The number of nitrogens with two attached hydrogens (primary N) is 5.